The van der Waals surface area contributed by atoms with E-state index in [4.69, 9.17) is 9.47 Å². The summed E-state index contributed by atoms with van der Waals surface area (Å²) >= 11 is 0. The number of phenols is 1. The zero-order chi connectivity index (χ0) is 18.1. The van der Waals surface area contributed by atoms with Gasteiger partial charge in [0, 0.05) is 11.6 Å². The second-order valence-corrected chi connectivity index (χ2v) is 5.97. The van der Waals surface area contributed by atoms with Gasteiger partial charge in [0.25, 0.3) is 0 Å². The largest absolute Gasteiger partial charge is 0.504 e. The fourth-order valence-electron chi connectivity index (χ4n) is 3.43. The Labute approximate surface area is 145 Å². The van der Waals surface area contributed by atoms with Crippen molar-refractivity contribution < 1.29 is 19.7 Å². The predicted molar refractivity (Wildman–Crippen MR) is 94.7 cm³/mol. The van der Waals surface area contributed by atoms with Crippen molar-refractivity contribution in [3.05, 3.63) is 45.6 Å². The van der Waals surface area contributed by atoms with E-state index in [0.29, 0.717) is 23.5 Å². The number of nitrogens with one attached hydrogen (secondary N) is 1. The lowest BCUT2D eigenvalue weighted by Gasteiger charge is -2.17. The van der Waals surface area contributed by atoms with Crippen molar-refractivity contribution in [2.45, 2.75) is 18.9 Å². The summed E-state index contributed by atoms with van der Waals surface area (Å²) in [6.07, 6.45) is 1.46. The molecule has 1 atom stereocenters. The molecule has 0 aliphatic heterocycles. The molecule has 0 saturated carbocycles. The highest BCUT2D eigenvalue weighted by Gasteiger charge is 2.27. The number of benzene rings is 1. The van der Waals surface area contributed by atoms with Crippen LogP contribution in [0, 0.1) is 0 Å². The minimum absolute atomic E-state index is 0.0697. The zero-order valence-corrected chi connectivity index (χ0v) is 14.4. The number of aromatic hydroxyl groups is 2. The molecule has 0 fully saturated rings. The molecule has 1 aliphatic carbocycles. The molecule has 0 unspecified atom stereocenters. The van der Waals surface area contributed by atoms with Crippen molar-refractivity contribution in [1.82, 2.24) is 5.32 Å². The summed E-state index contributed by atoms with van der Waals surface area (Å²) in [5.41, 5.74) is 2.71. The van der Waals surface area contributed by atoms with Gasteiger partial charge in [-0.05, 0) is 54.8 Å². The van der Waals surface area contributed by atoms with Crippen LogP contribution in [0.4, 0.5) is 0 Å². The van der Waals surface area contributed by atoms with Crippen LogP contribution >= 0.6 is 0 Å². The monoisotopic (exact) mass is 343 g/mol. The minimum Gasteiger partial charge on any atom is -0.504 e. The van der Waals surface area contributed by atoms with E-state index < -0.39 is 5.43 Å². The quantitative estimate of drug-likeness (QED) is 0.793. The van der Waals surface area contributed by atoms with Crippen LogP contribution in [0.5, 0.6) is 23.0 Å². The summed E-state index contributed by atoms with van der Waals surface area (Å²) in [4.78, 5) is 12.1. The molecule has 6 nitrogen and oxygen atoms in total. The van der Waals surface area contributed by atoms with Gasteiger partial charge in [0.1, 0.15) is 0 Å². The van der Waals surface area contributed by atoms with Crippen LogP contribution in [0.15, 0.2) is 29.1 Å². The lowest BCUT2D eigenvalue weighted by molar-refractivity contribution is 0.340. The van der Waals surface area contributed by atoms with E-state index in [1.807, 2.05) is 7.05 Å². The van der Waals surface area contributed by atoms with Gasteiger partial charge in [-0.3, -0.25) is 4.79 Å². The van der Waals surface area contributed by atoms with Gasteiger partial charge in [0.2, 0.25) is 11.2 Å². The summed E-state index contributed by atoms with van der Waals surface area (Å²) in [7, 11) is 4.80. The van der Waals surface area contributed by atoms with E-state index in [2.05, 4.69) is 5.32 Å². The van der Waals surface area contributed by atoms with Gasteiger partial charge in [0.05, 0.1) is 14.2 Å². The van der Waals surface area contributed by atoms with E-state index in [9.17, 15) is 15.0 Å². The third-order valence-corrected chi connectivity index (χ3v) is 4.68. The molecular weight excluding hydrogens is 322 g/mol. The molecule has 0 saturated heterocycles. The average molecular weight is 343 g/mol. The molecule has 132 valence electrons. The maximum Gasteiger partial charge on any atom is 0.220 e. The molecule has 0 amide bonds. The van der Waals surface area contributed by atoms with Gasteiger partial charge >= 0.3 is 0 Å². The first kappa shape index (κ1) is 17.1. The predicted octanol–water partition coefficient (Wildman–Crippen LogP) is 2.35. The molecule has 0 aromatic heterocycles. The lowest BCUT2D eigenvalue weighted by Crippen LogP contribution is -2.17. The van der Waals surface area contributed by atoms with Gasteiger partial charge in [-0.1, -0.05) is 6.07 Å². The van der Waals surface area contributed by atoms with Crippen molar-refractivity contribution in [1.29, 1.82) is 0 Å². The maximum atomic E-state index is 12.1. The van der Waals surface area contributed by atoms with Crippen molar-refractivity contribution >= 4 is 0 Å². The normalized spacial score (nSPS) is 15.7. The van der Waals surface area contributed by atoms with Crippen molar-refractivity contribution in [2.75, 3.05) is 21.3 Å². The smallest absolute Gasteiger partial charge is 0.220 e. The average Bonchev–Trinajstić information content (AvgIpc) is 2.84. The molecule has 3 rings (SSSR count). The Morgan fingerprint density at radius 2 is 1.92 bits per heavy atom. The highest BCUT2D eigenvalue weighted by Crippen LogP contribution is 2.49. The Morgan fingerprint density at radius 1 is 1.16 bits per heavy atom. The number of hydrogen-bond acceptors (Lipinski definition) is 6. The van der Waals surface area contributed by atoms with E-state index in [1.165, 1.54) is 26.4 Å². The van der Waals surface area contributed by atoms with Crippen LogP contribution in [0.1, 0.15) is 23.6 Å². The number of aryl methyl sites for hydroxylation is 1. The topological polar surface area (TPSA) is 88.0 Å². The minimum atomic E-state index is -0.443. The van der Waals surface area contributed by atoms with Gasteiger partial charge in [-0.25, -0.2) is 0 Å². The number of hydrogen-bond donors (Lipinski definition) is 3. The Bertz CT molecular complexity index is 879. The van der Waals surface area contributed by atoms with Crippen LogP contribution in [0.2, 0.25) is 0 Å². The first-order valence-electron chi connectivity index (χ1n) is 8.03. The first-order chi connectivity index (χ1) is 12.0. The van der Waals surface area contributed by atoms with Gasteiger partial charge in [-0.15, -0.1) is 0 Å². The number of phenolic OH excluding ortho intramolecular Hbond substituents is 1. The number of methoxy groups -OCH3 is 2. The van der Waals surface area contributed by atoms with Crippen LogP contribution in [-0.2, 0) is 6.42 Å². The van der Waals surface area contributed by atoms with Gasteiger partial charge in [0.15, 0.2) is 17.2 Å². The molecule has 0 bridgehead atoms. The van der Waals surface area contributed by atoms with E-state index in [1.54, 1.807) is 12.1 Å². The molecule has 0 heterocycles. The van der Waals surface area contributed by atoms with Crippen LogP contribution in [-0.4, -0.2) is 31.5 Å². The highest BCUT2D eigenvalue weighted by atomic mass is 16.5. The molecule has 0 radical (unpaired) electrons. The van der Waals surface area contributed by atoms with Crippen molar-refractivity contribution in [3.8, 4) is 34.1 Å². The van der Waals surface area contributed by atoms with Crippen molar-refractivity contribution in [3.63, 3.8) is 0 Å². The Hall–Kier alpha value is -2.73. The second-order valence-electron chi connectivity index (χ2n) is 5.97. The SMILES string of the molecule is CN[C@H]1CCc2cc(OC)c(O)c(OC)c2-c2ccc(O)c(=O)cc21. The molecule has 2 aromatic carbocycles. The summed E-state index contributed by atoms with van der Waals surface area (Å²) < 4.78 is 10.7. The number of ether oxygens (including phenoxy) is 2. The molecule has 25 heavy (non-hydrogen) atoms. The molecule has 2 aromatic rings. The molecule has 0 spiro atoms. The Morgan fingerprint density at radius 3 is 2.56 bits per heavy atom. The highest BCUT2D eigenvalue weighted by molar-refractivity contribution is 5.82. The molecule has 1 aliphatic rings. The molecule has 3 N–H and O–H groups in total. The maximum absolute atomic E-state index is 12.1. The number of rotatable bonds is 3. The lowest BCUT2D eigenvalue weighted by atomic mass is 9.95. The summed E-state index contributed by atoms with van der Waals surface area (Å²) in [5.74, 6) is 0.232. The molecular formula is C19H21NO5. The van der Waals surface area contributed by atoms with Gasteiger partial charge < -0.3 is 25.0 Å². The third-order valence-electron chi connectivity index (χ3n) is 4.68. The van der Waals surface area contributed by atoms with Crippen LogP contribution in [0.25, 0.3) is 11.1 Å². The second kappa shape index (κ2) is 6.64. The van der Waals surface area contributed by atoms with Gasteiger partial charge in [-0.2, -0.15) is 0 Å². The fraction of sp³-hybridized carbons (Fsp3) is 0.316. The van der Waals surface area contributed by atoms with Crippen molar-refractivity contribution in [2.24, 2.45) is 0 Å². The van der Waals surface area contributed by atoms with E-state index >= 15 is 0 Å². The van der Waals surface area contributed by atoms with E-state index in [-0.39, 0.29) is 17.5 Å². The zero-order valence-electron chi connectivity index (χ0n) is 14.4. The summed E-state index contributed by atoms with van der Waals surface area (Å²) in [6, 6.07) is 6.24. The summed E-state index contributed by atoms with van der Waals surface area (Å²) in [5, 5.41) is 23.5. The van der Waals surface area contributed by atoms with E-state index in [0.717, 1.165) is 23.1 Å². The van der Waals surface area contributed by atoms with Crippen LogP contribution in [0.3, 0.4) is 0 Å². The Kier molecular flexibility index (Phi) is 4.55. The van der Waals surface area contributed by atoms with Crippen LogP contribution < -0.4 is 20.2 Å². The number of fused-ring (bicyclic) bond motifs is 3. The summed E-state index contributed by atoms with van der Waals surface area (Å²) in [6.45, 7) is 0. The standard InChI is InChI=1S/C19H21NO5/c1-20-13-6-4-10-8-16(24-2)18(23)19(25-3)17(10)11-5-7-14(21)15(22)9-12(11)13/h5,7-9,13,20,23H,4,6H2,1-3H3,(H,21,22)/t13-/m0/s1. The first-order valence-corrected chi connectivity index (χ1v) is 8.03. The fourth-order valence-corrected chi connectivity index (χ4v) is 3.43. The Balaban J connectivity index is 2.43. The third kappa shape index (κ3) is 2.78. The molecule has 6 heteroatoms.